The molecular weight excluding hydrogens is 402 g/mol. The molecule has 1 aromatic heterocycles. The van der Waals surface area contributed by atoms with Crippen molar-refractivity contribution >= 4 is 28.5 Å². The van der Waals surface area contributed by atoms with Gasteiger partial charge in [0.25, 0.3) is 5.91 Å². The molecule has 2 aromatic carbocycles. The van der Waals surface area contributed by atoms with Crippen LogP contribution in [0.1, 0.15) is 60.0 Å². The summed E-state index contributed by atoms with van der Waals surface area (Å²) in [5.41, 5.74) is 2.19. The third kappa shape index (κ3) is 3.37. The van der Waals surface area contributed by atoms with Gasteiger partial charge in [0.05, 0.1) is 23.6 Å². The number of benzene rings is 2. The molecule has 6 heteroatoms. The highest BCUT2D eigenvalue weighted by atomic mass is 35.5. The number of nitrogens with zero attached hydrogens (tertiary/aromatic N) is 1. The van der Waals surface area contributed by atoms with Crippen molar-refractivity contribution in [2.45, 2.75) is 39.7 Å². The van der Waals surface area contributed by atoms with Gasteiger partial charge < -0.3 is 14.1 Å². The topological polar surface area (TPSA) is 59.8 Å². The van der Waals surface area contributed by atoms with Crippen LogP contribution in [0.2, 0.25) is 5.02 Å². The zero-order valence-electron chi connectivity index (χ0n) is 17.3. The first kappa shape index (κ1) is 20.5. The maximum Gasteiger partial charge on any atom is 0.290 e. The number of hydrogen-bond acceptors (Lipinski definition) is 4. The lowest BCUT2D eigenvalue weighted by molar-refractivity contribution is 0.0728. The highest BCUT2D eigenvalue weighted by Gasteiger charge is 2.42. The van der Waals surface area contributed by atoms with Crippen molar-refractivity contribution in [1.82, 2.24) is 4.90 Å². The minimum absolute atomic E-state index is 0.124. The van der Waals surface area contributed by atoms with E-state index in [-0.39, 0.29) is 17.1 Å². The monoisotopic (exact) mass is 425 g/mol. The Kier molecular flexibility index (Phi) is 5.56. The van der Waals surface area contributed by atoms with Gasteiger partial charge in [0.2, 0.25) is 5.76 Å². The van der Waals surface area contributed by atoms with E-state index in [0.717, 1.165) is 29.7 Å². The van der Waals surface area contributed by atoms with E-state index >= 15 is 0 Å². The zero-order valence-corrected chi connectivity index (χ0v) is 18.1. The summed E-state index contributed by atoms with van der Waals surface area (Å²) in [6.07, 6.45) is 1.69. The second kappa shape index (κ2) is 8.15. The van der Waals surface area contributed by atoms with E-state index in [1.54, 1.807) is 17.0 Å². The minimum Gasteiger partial charge on any atom is -0.494 e. The number of carbonyl (C=O) groups is 1. The van der Waals surface area contributed by atoms with E-state index in [4.69, 9.17) is 20.8 Å². The van der Waals surface area contributed by atoms with Crippen molar-refractivity contribution in [3.05, 3.63) is 74.1 Å². The van der Waals surface area contributed by atoms with Gasteiger partial charge in [0.1, 0.15) is 11.3 Å². The second-order valence-electron chi connectivity index (χ2n) is 7.59. The van der Waals surface area contributed by atoms with Crippen molar-refractivity contribution in [3.8, 4) is 5.75 Å². The molecule has 3 aromatic rings. The van der Waals surface area contributed by atoms with Crippen LogP contribution < -0.4 is 10.2 Å². The predicted octanol–water partition coefficient (Wildman–Crippen LogP) is 5.50. The SMILES string of the molecule is CCCOc1ccc(C2c3c(oc4cc(C)c(Cl)cc4c3=O)C(=O)N2CCC)cc1. The van der Waals surface area contributed by atoms with Crippen molar-refractivity contribution in [3.63, 3.8) is 0 Å². The van der Waals surface area contributed by atoms with E-state index < -0.39 is 6.04 Å². The molecule has 0 aliphatic carbocycles. The zero-order chi connectivity index (χ0) is 21.4. The molecular formula is C24H24ClNO4. The Hall–Kier alpha value is -2.79. The molecule has 0 fully saturated rings. The molecule has 156 valence electrons. The predicted molar refractivity (Wildman–Crippen MR) is 118 cm³/mol. The molecule has 0 radical (unpaired) electrons. The van der Waals surface area contributed by atoms with Gasteiger partial charge in [-0.15, -0.1) is 0 Å². The standard InChI is InChI=1S/C24H24ClNO4/c1-4-10-26-21(15-6-8-16(9-7-15)29-11-5-2)20-22(27)17-13-18(25)14(3)12-19(17)30-23(20)24(26)28/h6-9,12-13,21H,4-5,10-11H2,1-3H3. The van der Waals surface area contributed by atoms with Crippen LogP contribution in [0, 0.1) is 6.92 Å². The van der Waals surface area contributed by atoms with Gasteiger partial charge in [0, 0.05) is 11.6 Å². The van der Waals surface area contributed by atoms with Crippen LogP contribution in [0.15, 0.2) is 45.6 Å². The largest absolute Gasteiger partial charge is 0.494 e. The third-order valence-corrected chi connectivity index (χ3v) is 5.79. The number of aryl methyl sites for hydroxylation is 1. The lowest BCUT2D eigenvalue weighted by atomic mass is 9.98. The molecule has 1 amide bonds. The molecule has 1 unspecified atom stereocenters. The summed E-state index contributed by atoms with van der Waals surface area (Å²) < 4.78 is 11.6. The van der Waals surface area contributed by atoms with Gasteiger partial charge in [-0.3, -0.25) is 9.59 Å². The fourth-order valence-electron chi connectivity index (χ4n) is 3.93. The van der Waals surface area contributed by atoms with Crippen LogP contribution in [-0.4, -0.2) is 24.0 Å². The molecule has 0 bridgehead atoms. The Morgan fingerprint density at radius 3 is 2.50 bits per heavy atom. The normalized spacial score (nSPS) is 15.7. The summed E-state index contributed by atoms with van der Waals surface area (Å²) >= 11 is 6.26. The lowest BCUT2D eigenvalue weighted by Gasteiger charge is -2.24. The minimum atomic E-state index is -0.492. The van der Waals surface area contributed by atoms with Crippen LogP contribution >= 0.6 is 11.6 Å². The molecule has 4 rings (SSSR count). The smallest absolute Gasteiger partial charge is 0.290 e. The molecule has 1 aliphatic rings. The maximum absolute atomic E-state index is 13.4. The average molecular weight is 426 g/mol. The van der Waals surface area contributed by atoms with Crippen molar-refractivity contribution in [2.75, 3.05) is 13.2 Å². The molecule has 5 nitrogen and oxygen atoms in total. The second-order valence-corrected chi connectivity index (χ2v) is 8.00. The van der Waals surface area contributed by atoms with Crippen molar-refractivity contribution in [2.24, 2.45) is 0 Å². The third-order valence-electron chi connectivity index (χ3n) is 5.38. The van der Waals surface area contributed by atoms with Gasteiger partial charge in [-0.2, -0.15) is 0 Å². The number of fused-ring (bicyclic) bond motifs is 2. The van der Waals surface area contributed by atoms with Crippen molar-refractivity contribution < 1.29 is 13.9 Å². The van der Waals surface area contributed by atoms with E-state index in [1.807, 2.05) is 38.1 Å². The molecule has 30 heavy (non-hydrogen) atoms. The van der Waals surface area contributed by atoms with Crippen molar-refractivity contribution in [1.29, 1.82) is 0 Å². The molecule has 0 spiro atoms. The van der Waals surface area contributed by atoms with Crippen LogP contribution in [0.25, 0.3) is 11.0 Å². The van der Waals surface area contributed by atoms with Crippen LogP contribution in [0.3, 0.4) is 0 Å². The first-order chi connectivity index (χ1) is 14.5. The van der Waals surface area contributed by atoms with E-state index in [2.05, 4.69) is 6.92 Å². The Morgan fingerprint density at radius 1 is 1.10 bits per heavy atom. The quantitative estimate of drug-likeness (QED) is 0.523. The number of hydrogen-bond donors (Lipinski definition) is 0. The Labute approximate surface area is 180 Å². The Balaban J connectivity index is 1.88. The summed E-state index contributed by atoms with van der Waals surface area (Å²) in [5, 5.41) is 0.891. The first-order valence-electron chi connectivity index (χ1n) is 10.3. The summed E-state index contributed by atoms with van der Waals surface area (Å²) in [6.45, 7) is 7.06. The van der Waals surface area contributed by atoms with E-state index in [0.29, 0.717) is 34.7 Å². The highest BCUT2D eigenvalue weighted by molar-refractivity contribution is 6.32. The lowest BCUT2D eigenvalue weighted by Crippen LogP contribution is -2.30. The maximum atomic E-state index is 13.4. The van der Waals surface area contributed by atoms with Gasteiger partial charge >= 0.3 is 0 Å². The summed E-state index contributed by atoms with van der Waals surface area (Å²) in [6, 6.07) is 10.4. The Morgan fingerprint density at radius 2 is 1.83 bits per heavy atom. The molecule has 1 atom stereocenters. The Bertz CT molecular complexity index is 1170. The average Bonchev–Trinajstić information content (AvgIpc) is 3.01. The molecule has 2 heterocycles. The van der Waals surface area contributed by atoms with Gasteiger partial charge in [0.15, 0.2) is 5.43 Å². The van der Waals surface area contributed by atoms with Crippen LogP contribution in [0.5, 0.6) is 5.75 Å². The number of carbonyl (C=O) groups excluding carboxylic acids is 1. The molecule has 0 saturated heterocycles. The number of amides is 1. The molecule has 1 aliphatic heterocycles. The van der Waals surface area contributed by atoms with Crippen LogP contribution in [-0.2, 0) is 0 Å². The molecule has 0 N–H and O–H groups in total. The van der Waals surface area contributed by atoms with Gasteiger partial charge in [-0.05, 0) is 55.2 Å². The van der Waals surface area contributed by atoms with E-state index in [1.165, 1.54) is 0 Å². The van der Waals surface area contributed by atoms with Gasteiger partial charge in [-0.1, -0.05) is 37.6 Å². The fraction of sp³-hybridized carbons (Fsp3) is 0.333. The highest BCUT2D eigenvalue weighted by Crippen LogP contribution is 2.39. The first-order valence-corrected chi connectivity index (χ1v) is 10.6. The van der Waals surface area contributed by atoms with Gasteiger partial charge in [-0.25, -0.2) is 0 Å². The number of halogens is 1. The van der Waals surface area contributed by atoms with Crippen LogP contribution in [0.4, 0.5) is 0 Å². The summed E-state index contributed by atoms with van der Waals surface area (Å²) in [4.78, 5) is 28.3. The van der Waals surface area contributed by atoms with E-state index in [9.17, 15) is 9.59 Å². The number of ether oxygens (including phenoxy) is 1. The fourth-order valence-corrected chi connectivity index (χ4v) is 4.09. The summed E-state index contributed by atoms with van der Waals surface area (Å²) in [5.74, 6) is 0.633. The molecule has 0 saturated carbocycles. The summed E-state index contributed by atoms with van der Waals surface area (Å²) in [7, 11) is 0. The number of rotatable bonds is 6.